The highest BCUT2D eigenvalue weighted by Gasteiger charge is 2.34. The summed E-state index contributed by atoms with van der Waals surface area (Å²) in [7, 11) is 0. The summed E-state index contributed by atoms with van der Waals surface area (Å²) in [6.07, 6.45) is 5.31. The van der Waals surface area contributed by atoms with Crippen LogP contribution in [0.5, 0.6) is 0 Å². The van der Waals surface area contributed by atoms with Crippen LogP contribution in [0.1, 0.15) is 25.7 Å². The summed E-state index contributed by atoms with van der Waals surface area (Å²) in [5.41, 5.74) is 5.42. The predicted molar refractivity (Wildman–Crippen MR) is 74.5 cm³/mol. The number of nitrogens with zero attached hydrogens (tertiary/aromatic N) is 3. The molecule has 20 heavy (non-hydrogen) atoms. The highest BCUT2D eigenvalue weighted by molar-refractivity contribution is 5.85. The van der Waals surface area contributed by atoms with Crippen LogP contribution < -0.4 is 11.1 Å². The molecule has 0 saturated heterocycles. The van der Waals surface area contributed by atoms with Crippen LogP contribution >= 0.6 is 12.4 Å². The molecule has 0 atom stereocenters. The standard InChI is InChI=1S/C11H17N5O3.ClH/c12-8-11(4-1-2-5-11)13-10(17)7-15-6-3-9(14-15)16(18)19;/h3,6H,1-2,4-5,7-8,12H2,(H,13,17);1H. The molecule has 1 heterocycles. The Balaban J connectivity index is 0.00000200. The molecule has 0 aliphatic heterocycles. The van der Waals surface area contributed by atoms with Gasteiger partial charge in [-0.1, -0.05) is 12.8 Å². The number of hydrogen-bond acceptors (Lipinski definition) is 5. The molecule has 1 aromatic rings. The Morgan fingerprint density at radius 1 is 1.55 bits per heavy atom. The third-order valence-electron chi connectivity index (χ3n) is 3.48. The Morgan fingerprint density at radius 2 is 2.20 bits per heavy atom. The van der Waals surface area contributed by atoms with Crippen molar-refractivity contribution < 1.29 is 9.72 Å². The van der Waals surface area contributed by atoms with Crippen molar-refractivity contribution in [3.05, 3.63) is 22.4 Å². The van der Waals surface area contributed by atoms with E-state index in [1.807, 2.05) is 0 Å². The van der Waals surface area contributed by atoms with Crippen molar-refractivity contribution in [3.8, 4) is 0 Å². The zero-order valence-electron chi connectivity index (χ0n) is 10.9. The molecule has 0 aromatic carbocycles. The highest BCUT2D eigenvalue weighted by atomic mass is 35.5. The quantitative estimate of drug-likeness (QED) is 0.610. The maximum atomic E-state index is 11.9. The van der Waals surface area contributed by atoms with Crippen LogP contribution in [0.3, 0.4) is 0 Å². The minimum absolute atomic E-state index is 0. The summed E-state index contributed by atoms with van der Waals surface area (Å²) >= 11 is 0. The fraction of sp³-hybridized carbons (Fsp3) is 0.636. The van der Waals surface area contributed by atoms with Gasteiger partial charge in [-0.15, -0.1) is 12.4 Å². The van der Waals surface area contributed by atoms with Crippen LogP contribution in [0, 0.1) is 10.1 Å². The first-order valence-electron chi connectivity index (χ1n) is 6.24. The monoisotopic (exact) mass is 303 g/mol. The zero-order chi connectivity index (χ0) is 13.9. The molecule has 0 unspecified atom stereocenters. The Kier molecular flexibility index (Phi) is 5.46. The third-order valence-corrected chi connectivity index (χ3v) is 3.48. The first-order chi connectivity index (χ1) is 9.04. The van der Waals surface area contributed by atoms with Crippen LogP contribution in [-0.2, 0) is 11.3 Å². The van der Waals surface area contributed by atoms with Crippen LogP contribution in [0.2, 0.25) is 0 Å². The van der Waals surface area contributed by atoms with Crippen molar-refractivity contribution in [2.75, 3.05) is 6.54 Å². The number of hydrogen-bond donors (Lipinski definition) is 2. The lowest BCUT2D eigenvalue weighted by atomic mass is 9.98. The molecule has 1 fully saturated rings. The van der Waals surface area contributed by atoms with E-state index in [9.17, 15) is 14.9 Å². The van der Waals surface area contributed by atoms with Crippen molar-refractivity contribution in [3.63, 3.8) is 0 Å². The van der Waals surface area contributed by atoms with Crippen molar-refractivity contribution in [1.29, 1.82) is 0 Å². The normalized spacial score (nSPS) is 16.4. The van der Waals surface area contributed by atoms with E-state index >= 15 is 0 Å². The van der Waals surface area contributed by atoms with Crippen LogP contribution in [0.25, 0.3) is 0 Å². The smallest absolute Gasteiger partial charge is 0.358 e. The lowest BCUT2D eigenvalue weighted by Crippen LogP contribution is -2.52. The van der Waals surface area contributed by atoms with E-state index in [1.54, 1.807) is 0 Å². The van der Waals surface area contributed by atoms with Crippen molar-refractivity contribution in [2.45, 2.75) is 37.8 Å². The van der Waals surface area contributed by atoms with E-state index in [-0.39, 0.29) is 36.2 Å². The van der Waals surface area contributed by atoms with Gasteiger partial charge in [0.25, 0.3) is 0 Å². The van der Waals surface area contributed by atoms with Gasteiger partial charge in [0.05, 0.1) is 22.9 Å². The maximum Gasteiger partial charge on any atom is 0.389 e. The summed E-state index contributed by atoms with van der Waals surface area (Å²) in [6, 6.07) is 1.27. The van der Waals surface area contributed by atoms with Gasteiger partial charge in [-0.3, -0.25) is 4.79 Å². The predicted octanol–water partition coefficient (Wildman–Crippen LogP) is 0.601. The molecular formula is C11H18ClN5O3. The Morgan fingerprint density at radius 3 is 2.70 bits per heavy atom. The number of carbonyl (C=O) groups is 1. The molecule has 3 N–H and O–H groups in total. The molecule has 8 nitrogen and oxygen atoms in total. The number of nitrogens with one attached hydrogen (secondary N) is 1. The number of nitro groups is 1. The van der Waals surface area contributed by atoms with Crippen molar-refractivity contribution in [1.82, 2.24) is 15.1 Å². The summed E-state index contributed by atoms with van der Waals surface area (Å²) in [4.78, 5) is 21.8. The second-order valence-electron chi connectivity index (χ2n) is 4.87. The van der Waals surface area contributed by atoms with E-state index in [4.69, 9.17) is 5.73 Å². The largest absolute Gasteiger partial charge is 0.389 e. The fourth-order valence-corrected chi connectivity index (χ4v) is 2.45. The topological polar surface area (TPSA) is 116 Å². The maximum absolute atomic E-state index is 11.9. The van der Waals surface area contributed by atoms with Gasteiger partial charge >= 0.3 is 5.82 Å². The van der Waals surface area contributed by atoms with E-state index in [0.717, 1.165) is 25.7 Å². The first kappa shape index (κ1) is 16.4. The van der Waals surface area contributed by atoms with E-state index in [2.05, 4.69) is 10.4 Å². The lowest BCUT2D eigenvalue weighted by Gasteiger charge is -2.28. The molecule has 1 aliphatic carbocycles. The van der Waals surface area contributed by atoms with Crippen molar-refractivity contribution in [2.24, 2.45) is 5.73 Å². The molecule has 0 bridgehead atoms. The molecule has 1 amide bonds. The first-order valence-corrected chi connectivity index (χ1v) is 6.24. The van der Waals surface area contributed by atoms with E-state index in [0.29, 0.717) is 6.54 Å². The minimum Gasteiger partial charge on any atom is -0.358 e. The second kappa shape index (κ2) is 6.67. The number of carbonyl (C=O) groups excluding carboxylic acids is 1. The van der Waals surface area contributed by atoms with Gasteiger partial charge in [-0.2, -0.15) is 4.68 Å². The van der Waals surface area contributed by atoms with Crippen molar-refractivity contribution >= 4 is 24.1 Å². The molecular weight excluding hydrogens is 286 g/mol. The van der Waals surface area contributed by atoms with E-state index < -0.39 is 4.92 Å². The number of nitrogens with two attached hydrogens (primary N) is 1. The minimum atomic E-state index is -0.591. The number of rotatable bonds is 5. The van der Waals surface area contributed by atoms with Gasteiger partial charge < -0.3 is 21.2 Å². The van der Waals surface area contributed by atoms with Crippen LogP contribution in [-0.4, -0.2) is 32.7 Å². The fourth-order valence-electron chi connectivity index (χ4n) is 2.45. The SMILES string of the molecule is Cl.NCC1(NC(=O)Cn2ccc([N+](=O)[O-])n2)CCCC1. The molecule has 1 aromatic heterocycles. The summed E-state index contributed by atoms with van der Waals surface area (Å²) in [5.74, 6) is -0.479. The molecule has 1 aliphatic rings. The number of halogens is 1. The van der Waals surface area contributed by atoms with E-state index in [1.165, 1.54) is 16.9 Å². The van der Waals surface area contributed by atoms with Gasteiger partial charge in [0.1, 0.15) is 6.54 Å². The molecule has 9 heteroatoms. The molecule has 0 radical (unpaired) electrons. The molecule has 1 saturated carbocycles. The van der Waals surface area contributed by atoms with Gasteiger partial charge in [-0.05, 0) is 17.8 Å². The lowest BCUT2D eigenvalue weighted by molar-refractivity contribution is -0.389. The van der Waals surface area contributed by atoms with Gasteiger partial charge in [0, 0.05) is 6.54 Å². The van der Waals surface area contributed by atoms with Gasteiger partial charge in [0.15, 0.2) is 0 Å². The molecule has 2 rings (SSSR count). The molecule has 112 valence electrons. The summed E-state index contributed by atoms with van der Waals surface area (Å²) in [6.45, 7) is 0.383. The Labute approximate surface area is 122 Å². The van der Waals surface area contributed by atoms with Crippen LogP contribution in [0.15, 0.2) is 12.3 Å². The Bertz CT molecular complexity index is 484. The van der Waals surface area contributed by atoms with Gasteiger partial charge in [0.2, 0.25) is 5.91 Å². The average molecular weight is 304 g/mol. The van der Waals surface area contributed by atoms with Gasteiger partial charge in [-0.25, -0.2) is 0 Å². The summed E-state index contributed by atoms with van der Waals surface area (Å²) in [5, 5.41) is 17.1. The Hall–Kier alpha value is -1.67. The summed E-state index contributed by atoms with van der Waals surface area (Å²) < 4.78 is 1.26. The average Bonchev–Trinajstić information content (AvgIpc) is 2.99. The number of amides is 1. The zero-order valence-corrected chi connectivity index (χ0v) is 11.8. The van der Waals surface area contributed by atoms with Crippen LogP contribution in [0.4, 0.5) is 5.82 Å². The third kappa shape index (κ3) is 3.67. The molecule has 0 spiro atoms. The highest BCUT2D eigenvalue weighted by Crippen LogP contribution is 2.28. The second-order valence-corrected chi connectivity index (χ2v) is 4.87. The number of aromatic nitrogens is 2.